The standard InChI is InChI=1S/C13H15ClN6O.ClH/c14-11-4-2-1-3-10(11)12-7-15-5-6-20(12)13(21)8-19-9-16-17-18-19;/h1-4,9,12,15H,5-8H2;1H. The summed E-state index contributed by atoms with van der Waals surface area (Å²) in [4.78, 5) is 14.3. The Morgan fingerprint density at radius 1 is 1.41 bits per heavy atom. The summed E-state index contributed by atoms with van der Waals surface area (Å²) in [5.41, 5.74) is 0.955. The molecule has 0 saturated carbocycles. The van der Waals surface area contributed by atoms with Gasteiger partial charge < -0.3 is 10.2 Å². The van der Waals surface area contributed by atoms with Crippen molar-refractivity contribution in [3.05, 3.63) is 41.2 Å². The second-order valence-electron chi connectivity index (χ2n) is 4.84. The van der Waals surface area contributed by atoms with E-state index in [-0.39, 0.29) is 30.9 Å². The summed E-state index contributed by atoms with van der Waals surface area (Å²) >= 11 is 6.27. The zero-order valence-electron chi connectivity index (χ0n) is 11.7. The Morgan fingerprint density at radius 3 is 2.95 bits per heavy atom. The predicted molar refractivity (Wildman–Crippen MR) is 83.8 cm³/mol. The van der Waals surface area contributed by atoms with Crippen LogP contribution < -0.4 is 5.32 Å². The smallest absolute Gasteiger partial charge is 0.245 e. The normalized spacial score (nSPS) is 17.9. The lowest BCUT2D eigenvalue weighted by atomic mass is 10.0. The highest BCUT2D eigenvalue weighted by molar-refractivity contribution is 6.31. The monoisotopic (exact) mass is 342 g/mol. The van der Waals surface area contributed by atoms with Crippen LogP contribution in [0.4, 0.5) is 0 Å². The Morgan fingerprint density at radius 2 is 2.23 bits per heavy atom. The van der Waals surface area contributed by atoms with Gasteiger partial charge in [-0.25, -0.2) is 4.68 Å². The van der Waals surface area contributed by atoms with Gasteiger partial charge in [0.15, 0.2) is 0 Å². The highest BCUT2D eigenvalue weighted by atomic mass is 35.5. The molecule has 1 N–H and O–H groups in total. The fourth-order valence-corrected chi connectivity index (χ4v) is 2.77. The summed E-state index contributed by atoms with van der Waals surface area (Å²) in [5, 5.41) is 14.8. The van der Waals surface area contributed by atoms with E-state index in [0.29, 0.717) is 18.1 Å². The lowest BCUT2D eigenvalue weighted by molar-refractivity contribution is -0.135. The van der Waals surface area contributed by atoms with Gasteiger partial charge >= 0.3 is 0 Å². The van der Waals surface area contributed by atoms with Crippen LogP contribution in [0.15, 0.2) is 30.6 Å². The van der Waals surface area contributed by atoms with Crippen LogP contribution in [0.2, 0.25) is 5.02 Å². The van der Waals surface area contributed by atoms with E-state index in [4.69, 9.17) is 11.6 Å². The molecule has 9 heteroatoms. The van der Waals surface area contributed by atoms with Crippen molar-refractivity contribution in [2.75, 3.05) is 19.6 Å². The molecule has 1 fully saturated rings. The summed E-state index contributed by atoms with van der Waals surface area (Å²) in [6.07, 6.45) is 1.44. The first-order valence-electron chi connectivity index (χ1n) is 6.71. The van der Waals surface area contributed by atoms with Gasteiger partial charge in [-0.2, -0.15) is 0 Å². The van der Waals surface area contributed by atoms with Gasteiger partial charge in [0.2, 0.25) is 5.91 Å². The van der Waals surface area contributed by atoms with Crippen molar-refractivity contribution in [1.82, 2.24) is 30.4 Å². The van der Waals surface area contributed by atoms with Crippen LogP contribution in [0.5, 0.6) is 0 Å². The number of hydrogen-bond donors (Lipinski definition) is 1. The van der Waals surface area contributed by atoms with E-state index in [1.165, 1.54) is 11.0 Å². The second-order valence-corrected chi connectivity index (χ2v) is 5.24. The number of carbonyl (C=O) groups is 1. The number of rotatable bonds is 3. The molecule has 1 unspecified atom stereocenters. The number of benzene rings is 1. The van der Waals surface area contributed by atoms with Gasteiger partial charge in [-0.05, 0) is 22.1 Å². The van der Waals surface area contributed by atoms with Crippen LogP contribution in [0.1, 0.15) is 11.6 Å². The highest BCUT2D eigenvalue weighted by Gasteiger charge is 2.29. The molecule has 1 atom stereocenters. The maximum Gasteiger partial charge on any atom is 0.245 e. The Balaban J connectivity index is 0.00000176. The summed E-state index contributed by atoms with van der Waals surface area (Å²) in [7, 11) is 0. The maximum atomic E-state index is 12.5. The molecule has 1 aromatic carbocycles. The topological polar surface area (TPSA) is 75.9 Å². The van der Waals surface area contributed by atoms with Gasteiger partial charge in [-0.15, -0.1) is 17.5 Å². The molecule has 1 aliphatic rings. The van der Waals surface area contributed by atoms with E-state index < -0.39 is 0 Å². The molecule has 22 heavy (non-hydrogen) atoms. The summed E-state index contributed by atoms with van der Waals surface area (Å²) < 4.78 is 1.42. The number of nitrogens with zero attached hydrogens (tertiary/aromatic N) is 5. The van der Waals surface area contributed by atoms with Crippen molar-refractivity contribution in [2.24, 2.45) is 0 Å². The first-order valence-corrected chi connectivity index (χ1v) is 7.09. The number of piperazine rings is 1. The highest BCUT2D eigenvalue weighted by Crippen LogP contribution is 2.28. The molecule has 0 bridgehead atoms. The van der Waals surface area contributed by atoms with Gasteiger partial charge in [0.1, 0.15) is 12.9 Å². The van der Waals surface area contributed by atoms with Crippen molar-refractivity contribution >= 4 is 29.9 Å². The first-order chi connectivity index (χ1) is 10.3. The maximum absolute atomic E-state index is 12.5. The van der Waals surface area contributed by atoms with Crippen molar-refractivity contribution in [3.63, 3.8) is 0 Å². The molecule has 1 aliphatic heterocycles. The van der Waals surface area contributed by atoms with Gasteiger partial charge in [0, 0.05) is 24.7 Å². The number of halogens is 2. The molecule has 3 rings (SSSR count). The molecule has 2 heterocycles. The van der Waals surface area contributed by atoms with Crippen LogP contribution in [-0.4, -0.2) is 50.6 Å². The van der Waals surface area contributed by atoms with Crippen LogP contribution in [0.25, 0.3) is 0 Å². The Labute approximate surface area is 139 Å². The molecule has 0 radical (unpaired) electrons. The summed E-state index contributed by atoms with van der Waals surface area (Å²) in [6.45, 7) is 2.22. The number of hydrogen-bond acceptors (Lipinski definition) is 5. The lowest BCUT2D eigenvalue weighted by Gasteiger charge is -2.36. The van der Waals surface area contributed by atoms with Crippen molar-refractivity contribution in [1.29, 1.82) is 0 Å². The van der Waals surface area contributed by atoms with E-state index in [1.807, 2.05) is 29.2 Å². The van der Waals surface area contributed by atoms with Gasteiger partial charge in [-0.3, -0.25) is 4.79 Å². The molecule has 1 amide bonds. The van der Waals surface area contributed by atoms with E-state index in [9.17, 15) is 4.79 Å². The van der Waals surface area contributed by atoms with Crippen molar-refractivity contribution in [2.45, 2.75) is 12.6 Å². The number of amides is 1. The number of carbonyl (C=O) groups excluding carboxylic acids is 1. The average molecular weight is 343 g/mol. The summed E-state index contributed by atoms with van der Waals surface area (Å²) in [5.74, 6) is -0.0197. The van der Waals surface area contributed by atoms with Crippen LogP contribution in [-0.2, 0) is 11.3 Å². The number of aromatic nitrogens is 4. The number of nitrogens with one attached hydrogen (secondary N) is 1. The third-order valence-electron chi connectivity index (χ3n) is 3.52. The SMILES string of the molecule is Cl.O=C(Cn1cnnn1)N1CCNCC1c1ccccc1Cl. The van der Waals surface area contributed by atoms with E-state index in [1.54, 1.807) is 0 Å². The third-order valence-corrected chi connectivity index (χ3v) is 3.86. The minimum absolute atomic E-state index is 0. The van der Waals surface area contributed by atoms with Crippen molar-refractivity contribution in [3.8, 4) is 0 Å². The molecule has 0 aliphatic carbocycles. The van der Waals surface area contributed by atoms with Crippen molar-refractivity contribution < 1.29 is 4.79 Å². The molecular weight excluding hydrogens is 327 g/mol. The molecule has 1 aromatic heterocycles. The van der Waals surface area contributed by atoms with Gasteiger partial charge in [0.05, 0.1) is 6.04 Å². The first kappa shape index (κ1) is 16.7. The Bertz CT molecular complexity index is 621. The third kappa shape index (κ3) is 3.55. The predicted octanol–water partition coefficient (Wildman–Crippen LogP) is 0.921. The average Bonchev–Trinajstić information content (AvgIpc) is 3.01. The quantitative estimate of drug-likeness (QED) is 0.897. The minimum Gasteiger partial charge on any atom is -0.331 e. The van der Waals surface area contributed by atoms with Crippen LogP contribution in [0.3, 0.4) is 0 Å². The second kappa shape index (κ2) is 7.53. The Kier molecular flexibility index (Phi) is 5.70. The molecule has 2 aromatic rings. The molecule has 0 spiro atoms. The van der Waals surface area contributed by atoms with Crippen LogP contribution in [0, 0.1) is 0 Å². The fraction of sp³-hybridized carbons (Fsp3) is 0.385. The van der Waals surface area contributed by atoms with Gasteiger partial charge in [0.25, 0.3) is 0 Å². The zero-order chi connectivity index (χ0) is 14.7. The summed E-state index contributed by atoms with van der Waals surface area (Å²) in [6, 6.07) is 7.54. The Hall–Kier alpha value is -1.70. The molecule has 7 nitrogen and oxygen atoms in total. The minimum atomic E-state index is -0.0727. The van der Waals surface area contributed by atoms with Crippen LogP contribution >= 0.6 is 24.0 Å². The fourth-order valence-electron chi connectivity index (χ4n) is 2.51. The lowest BCUT2D eigenvalue weighted by Crippen LogP contribution is -2.49. The molecular formula is C13H16Cl2N6O. The van der Waals surface area contributed by atoms with E-state index in [0.717, 1.165) is 12.1 Å². The molecule has 1 saturated heterocycles. The molecule has 118 valence electrons. The number of tetrazole rings is 1. The zero-order valence-corrected chi connectivity index (χ0v) is 13.3. The van der Waals surface area contributed by atoms with Gasteiger partial charge in [-0.1, -0.05) is 29.8 Å². The van der Waals surface area contributed by atoms with E-state index in [2.05, 4.69) is 20.8 Å². The van der Waals surface area contributed by atoms with E-state index >= 15 is 0 Å². The largest absolute Gasteiger partial charge is 0.331 e.